The summed E-state index contributed by atoms with van der Waals surface area (Å²) in [7, 11) is 1.33. The van der Waals surface area contributed by atoms with Gasteiger partial charge in [0.2, 0.25) is 0 Å². The number of esters is 1. The minimum absolute atomic E-state index is 0.205. The molecule has 0 aromatic carbocycles. The SMILES string of the molecule is COC(=O)C1CCC(CC=O)N(C(=O)OC(C)(C)C)C1. The summed E-state index contributed by atoms with van der Waals surface area (Å²) in [5, 5.41) is 0. The topological polar surface area (TPSA) is 72.9 Å². The van der Waals surface area contributed by atoms with Crippen LogP contribution < -0.4 is 0 Å². The van der Waals surface area contributed by atoms with Crippen LogP contribution in [0.5, 0.6) is 0 Å². The van der Waals surface area contributed by atoms with Crippen LogP contribution in [0, 0.1) is 5.92 Å². The molecule has 0 spiro atoms. The molecule has 20 heavy (non-hydrogen) atoms. The highest BCUT2D eigenvalue weighted by Gasteiger charge is 2.37. The van der Waals surface area contributed by atoms with Crippen LogP contribution in [0.2, 0.25) is 0 Å². The average molecular weight is 285 g/mol. The number of piperidine rings is 1. The second kappa shape index (κ2) is 6.72. The van der Waals surface area contributed by atoms with Gasteiger partial charge >= 0.3 is 12.1 Å². The van der Waals surface area contributed by atoms with Gasteiger partial charge in [-0.15, -0.1) is 0 Å². The van der Waals surface area contributed by atoms with Crippen molar-refractivity contribution in [3.8, 4) is 0 Å². The smallest absolute Gasteiger partial charge is 0.410 e. The van der Waals surface area contributed by atoms with Gasteiger partial charge in [-0.05, 0) is 33.6 Å². The summed E-state index contributed by atoms with van der Waals surface area (Å²) < 4.78 is 10.1. The number of aldehydes is 1. The first-order valence-corrected chi connectivity index (χ1v) is 6.79. The van der Waals surface area contributed by atoms with E-state index < -0.39 is 11.7 Å². The number of nitrogens with zero attached hydrogens (tertiary/aromatic N) is 1. The standard InChI is InChI=1S/C14H23NO5/c1-14(2,3)20-13(18)15-9-10(12(17)19-4)5-6-11(15)7-8-16/h8,10-11H,5-7,9H2,1-4H3. The number of carbonyl (C=O) groups excluding carboxylic acids is 3. The van der Waals surface area contributed by atoms with Crippen molar-refractivity contribution in [2.45, 2.75) is 51.7 Å². The van der Waals surface area contributed by atoms with E-state index in [-0.39, 0.29) is 30.9 Å². The Hall–Kier alpha value is -1.59. The van der Waals surface area contributed by atoms with Crippen LogP contribution in [0.1, 0.15) is 40.0 Å². The van der Waals surface area contributed by atoms with Crippen molar-refractivity contribution in [1.82, 2.24) is 4.90 Å². The Bertz CT molecular complexity index is 374. The van der Waals surface area contributed by atoms with E-state index in [9.17, 15) is 14.4 Å². The Morgan fingerprint density at radius 3 is 2.45 bits per heavy atom. The molecule has 1 rings (SSSR count). The van der Waals surface area contributed by atoms with Crippen LogP contribution >= 0.6 is 0 Å². The predicted octanol–water partition coefficient (Wildman–Crippen LogP) is 1.76. The predicted molar refractivity (Wildman–Crippen MR) is 72.1 cm³/mol. The van der Waals surface area contributed by atoms with Crippen molar-refractivity contribution in [2.75, 3.05) is 13.7 Å². The quantitative estimate of drug-likeness (QED) is 0.583. The molecule has 2 unspecified atom stereocenters. The van der Waals surface area contributed by atoms with Gasteiger partial charge in [0.05, 0.1) is 13.0 Å². The number of likely N-dealkylation sites (tertiary alicyclic amines) is 1. The second-order valence-corrected chi connectivity index (χ2v) is 5.99. The first-order valence-electron chi connectivity index (χ1n) is 6.79. The van der Waals surface area contributed by atoms with Crippen molar-refractivity contribution in [3.63, 3.8) is 0 Å². The van der Waals surface area contributed by atoms with Gasteiger partial charge in [0.15, 0.2) is 0 Å². The molecule has 1 heterocycles. The molecule has 0 aromatic heterocycles. The largest absolute Gasteiger partial charge is 0.469 e. The fourth-order valence-corrected chi connectivity index (χ4v) is 2.29. The fourth-order valence-electron chi connectivity index (χ4n) is 2.29. The number of methoxy groups -OCH3 is 1. The van der Waals surface area contributed by atoms with Gasteiger partial charge in [0.1, 0.15) is 11.9 Å². The molecule has 114 valence electrons. The zero-order valence-corrected chi connectivity index (χ0v) is 12.5. The summed E-state index contributed by atoms with van der Waals surface area (Å²) in [4.78, 5) is 36.0. The number of ether oxygens (including phenoxy) is 2. The van der Waals surface area contributed by atoms with Crippen molar-refractivity contribution in [2.24, 2.45) is 5.92 Å². The maximum atomic E-state index is 12.2. The molecule has 0 saturated carbocycles. The Balaban J connectivity index is 2.80. The van der Waals surface area contributed by atoms with E-state index in [1.165, 1.54) is 12.0 Å². The van der Waals surface area contributed by atoms with E-state index in [2.05, 4.69) is 0 Å². The van der Waals surface area contributed by atoms with Crippen LogP contribution in [-0.2, 0) is 19.1 Å². The number of hydrogen-bond acceptors (Lipinski definition) is 5. The zero-order valence-electron chi connectivity index (χ0n) is 12.5. The van der Waals surface area contributed by atoms with Crippen LogP contribution in [-0.4, -0.2) is 48.5 Å². The van der Waals surface area contributed by atoms with Crippen LogP contribution in [0.25, 0.3) is 0 Å². The molecule has 6 heteroatoms. The summed E-state index contributed by atoms with van der Waals surface area (Å²) >= 11 is 0. The Labute approximate surface area is 119 Å². The molecule has 0 bridgehead atoms. The minimum atomic E-state index is -0.610. The van der Waals surface area contributed by atoms with Crippen molar-refractivity contribution >= 4 is 18.3 Å². The van der Waals surface area contributed by atoms with E-state index in [0.29, 0.717) is 12.8 Å². The molecular weight excluding hydrogens is 262 g/mol. The third-order valence-corrected chi connectivity index (χ3v) is 3.24. The molecular formula is C14H23NO5. The normalized spacial score (nSPS) is 23.1. The molecule has 2 atom stereocenters. The molecule has 0 aliphatic carbocycles. The molecule has 1 saturated heterocycles. The van der Waals surface area contributed by atoms with Gasteiger partial charge in [0, 0.05) is 19.0 Å². The average Bonchev–Trinajstić information content (AvgIpc) is 2.36. The van der Waals surface area contributed by atoms with Crippen molar-refractivity contribution in [3.05, 3.63) is 0 Å². The minimum Gasteiger partial charge on any atom is -0.469 e. The fraction of sp³-hybridized carbons (Fsp3) is 0.786. The maximum absolute atomic E-state index is 12.2. The summed E-state index contributed by atoms with van der Waals surface area (Å²) in [5.74, 6) is -0.682. The Morgan fingerprint density at radius 2 is 1.95 bits per heavy atom. The van der Waals surface area contributed by atoms with Crippen molar-refractivity contribution in [1.29, 1.82) is 0 Å². The first kappa shape index (κ1) is 16.5. The highest BCUT2D eigenvalue weighted by Crippen LogP contribution is 2.26. The second-order valence-electron chi connectivity index (χ2n) is 5.99. The van der Waals surface area contributed by atoms with Gasteiger partial charge in [-0.3, -0.25) is 4.79 Å². The van der Waals surface area contributed by atoms with Crippen LogP contribution in [0.15, 0.2) is 0 Å². The molecule has 1 amide bonds. The number of amides is 1. The van der Waals surface area contributed by atoms with Crippen molar-refractivity contribution < 1.29 is 23.9 Å². The number of rotatable bonds is 3. The highest BCUT2D eigenvalue weighted by molar-refractivity contribution is 5.75. The molecule has 1 aliphatic heterocycles. The molecule has 6 nitrogen and oxygen atoms in total. The lowest BCUT2D eigenvalue weighted by Crippen LogP contribution is -2.50. The molecule has 0 aromatic rings. The van der Waals surface area contributed by atoms with Gasteiger partial charge in [-0.2, -0.15) is 0 Å². The Kier molecular flexibility index (Phi) is 5.53. The third-order valence-electron chi connectivity index (χ3n) is 3.24. The van der Waals surface area contributed by atoms with E-state index in [4.69, 9.17) is 9.47 Å². The number of hydrogen-bond donors (Lipinski definition) is 0. The molecule has 1 fully saturated rings. The first-order chi connectivity index (χ1) is 9.28. The lowest BCUT2D eigenvalue weighted by atomic mass is 9.92. The number of carbonyl (C=O) groups is 3. The van der Waals surface area contributed by atoms with E-state index in [1.54, 1.807) is 20.8 Å². The lowest BCUT2D eigenvalue weighted by molar-refractivity contribution is -0.147. The van der Waals surface area contributed by atoms with Crippen LogP contribution in [0.4, 0.5) is 4.79 Å². The summed E-state index contributed by atoms with van der Waals surface area (Å²) in [6.07, 6.45) is 1.77. The van der Waals surface area contributed by atoms with Crippen LogP contribution in [0.3, 0.4) is 0 Å². The van der Waals surface area contributed by atoms with Gasteiger partial charge in [-0.1, -0.05) is 0 Å². The monoisotopic (exact) mass is 285 g/mol. The third kappa shape index (κ3) is 4.51. The molecule has 0 N–H and O–H groups in total. The highest BCUT2D eigenvalue weighted by atomic mass is 16.6. The molecule has 0 radical (unpaired) electrons. The van der Waals surface area contributed by atoms with Gasteiger partial charge in [0.25, 0.3) is 0 Å². The summed E-state index contributed by atoms with van der Waals surface area (Å²) in [5.41, 5.74) is -0.610. The maximum Gasteiger partial charge on any atom is 0.410 e. The van der Waals surface area contributed by atoms with E-state index >= 15 is 0 Å². The molecule has 1 aliphatic rings. The summed E-state index contributed by atoms with van der Waals surface area (Å²) in [6.45, 7) is 5.57. The Morgan fingerprint density at radius 1 is 1.30 bits per heavy atom. The van der Waals surface area contributed by atoms with Gasteiger partial charge < -0.3 is 19.2 Å². The van der Waals surface area contributed by atoms with Gasteiger partial charge in [-0.25, -0.2) is 4.79 Å². The van der Waals surface area contributed by atoms with E-state index in [0.717, 1.165) is 6.29 Å². The lowest BCUT2D eigenvalue weighted by Gasteiger charge is -2.38. The van der Waals surface area contributed by atoms with E-state index in [1.807, 2.05) is 0 Å². The zero-order chi connectivity index (χ0) is 15.3. The summed E-state index contributed by atoms with van der Waals surface area (Å²) in [6, 6.07) is -0.205.